The van der Waals surface area contributed by atoms with E-state index in [0.717, 1.165) is 25.7 Å². The Morgan fingerprint density at radius 1 is 1.20 bits per heavy atom. The summed E-state index contributed by atoms with van der Waals surface area (Å²) in [5, 5.41) is 13.6. The van der Waals surface area contributed by atoms with Gasteiger partial charge in [-0.3, -0.25) is 0 Å². The summed E-state index contributed by atoms with van der Waals surface area (Å²) in [6.07, 6.45) is 3.43. The monoisotopic (exact) mass is 470 g/mol. The molecule has 1 amide bonds. The van der Waals surface area contributed by atoms with Crippen LogP contribution >= 0.6 is 0 Å². The van der Waals surface area contributed by atoms with Gasteiger partial charge in [0.2, 0.25) is 0 Å². The Morgan fingerprint density at radius 2 is 1.97 bits per heavy atom. The first-order valence-electron chi connectivity index (χ1n) is 12.2. The van der Waals surface area contributed by atoms with Gasteiger partial charge in [0.05, 0.1) is 17.0 Å². The molecule has 7 heteroatoms. The summed E-state index contributed by atoms with van der Waals surface area (Å²) in [5.74, 6) is 1.31. The van der Waals surface area contributed by atoms with Crippen LogP contribution in [0.4, 0.5) is 4.79 Å². The number of nitrogens with zero attached hydrogens (tertiary/aromatic N) is 4. The number of hydrogen-bond acceptors (Lipinski definition) is 6. The maximum atomic E-state index is 13.4. The normalized spacial score (nSPS) is 20.4. The van der Waals surface area contributed by atoms with Gasteiger partial charge in [0.1, 0.15) is 5.60 Å². The van der Waals surface area contributed by atoms with Crippen molar-refractivity contribution in [3.63, 3.8) is 0 Å². The molecule has 1 unspecified atom stereocenters. The standard InChI is InChI=1S/C28H30N4O3/c1-27(2,3)34-26(33)32(23-16-22(23)20-10-5-4-6-11-20)18-28(13-8-14-28)25-30-24(35-31-25)21-12-7-9-19(15-21)17-29/h4-7,9-12,15,22-23H,8,13-14,16,18H2,1-3H3/t22?,23-/m0/s1. The third-order valence-electron chi connectivity index (χ3n) is 6.94. The molecule has 7 nitrogen and oxygen atoms in total. The van der Waals surface area contributed by atoms with Crippen LogP contribution in [-0.2, 0) is 10.2 Å². The van der Waals surface area contributed by atoms with Gasteiger partial charge in [0.15, 0.2) is 5.82 Å². The fraction of sp³-hybridized carbons (Fsp3) is 0.429. The highest BCUT2D eigenvalue weighted by Crippen LogP contribution is 2.49. The third-order valence-corrected chi connectivity index (χ3v) is 6.94. The van der Waals surface area contributed by atoms with Gasteiger partial charge in [0.25, 0.3) is 5.89 Å². The fourth-order valence-electron chi connectivity index (χ4n) is 4.88. The molecule has 35 heavy (non-hydrogen) atoms. The number of aromatic nitrogens is 2. The maximum absolute atomic E-state index is 13.4. The Morgan fingerprint density at radius 3 is 2.63 bits per heavy atom. The van der Waals surface area contributed by atoms with E-state index in [4.69, 9.17) is 14.2 Å². The molecule has 2 aliphatic rings. The van der Waals surface area contributed by atoms with E-state index in [0.29, 0.717) is 35.3 Å². The molecule has 0 bridgehead atoms. The summed E-state index contributed by atoms with van der Waals surface area (Å²) in [5.41, 5.74) is 1.55. The van der Waals surface area contributed by atoms with E-state index in [1.165, 1.54) is 5.56 Å². The summed E-state index contributed by atoms with van der Waals surface area (Å²) in [6, 6.07) is 19.7. The highest BCUT2D eigenvalue weighted by Gasteiger charge is 2.52. The number of carbonyl (C=O) groups excluding carboxylic acids is 1. The molecule has 2 aromatic carbocycles. The van der Waals surface area contributed by atoms with Gasteiger partial charge in [-0.15, -0.1) is 0 Å². The minimum atomic E-state index is -0.579. The van der Waals surface area contributed by atoms with E-state index in [9.17, 15) is 10.1 Å². The van der Waals surface area contributed by atoms with Crippen molar-refractivity contribution in [2.45, 2.75) is 69.4 Å². The van der Waals surface area contributed by atoms with Crippen molar-refractivity contribution in [3.05, 3.63) is 71.5 Å². The molecule has 5 rings (SSSR count). The smallest absolute Gasteiger partial charge is 0.410 e. The van der Waals surface area contributed by atoms with Gasteiger partial charge in [-0.2, -0.15) is 10.2 Å². The lowest BCUT2D eigenvalue weighted by molar-refractivity contribution is 0.0123. The first-order valence-corrected chi connectivity index (χ1v) is 12.2. The summed E-state index contributed by atoms with van der Waals surface area (Å²) < 4.78 is 11.4. The number of rotatable bonds is 6. The summed E-state index contributed by atoms with van der Waals surface area (Å²) in [6.45, 7) is 6.17. The van der Waals surface area contributed by atoms with Crippen LogP contribution in [0.2, 0.25) is 0 Å². The topological polar surface area (TPSA) is 92.2 Å². The van der Waals surface area contributed by atoms with Crippen molar-refractivity contribution in [3.8, 4) is 17.5 Å². The lowest BCUT2D eigenvalue weighted by Crippen LogP contribution is -2.50. The molecule has 1 aromatic heterocycles. The Balaban J connectivity index is 1.41. The summed E-state index contributed by atoms with van der Waals surface area (Å²) in [4.78, 5) is 20.0. The second kappa shape index (κ2) is 8.84. The predicted molar refractivity (Wildman–Crippen MR) is 131 cm³/mol. The number of hydrogen-bond donors (Lipinski definition) is 0. The number of amides is 1. The van der Waals surface area contributed by atoms with Crippen LogP contribution in [-0.4, -0.2) is 39.3 Å². The van der Waals surface area contributed by atoms with E-state index in [2.05, 4.69) is 23.4 Å². The Hall–Kier alpha value is -3.66. The first kappa shape index (κ1) is 23.1. The highest BCUT2D eigenvalue weighted by molar-refractivity contribution is 5.70. The van der Waals surface area contributed by atoms with Gasteiger partial charge in [-0.1, -0.05) is 48.0 Å². The minimum absolute atomic E-state index is 0.0865. The van der Waals surface area contributed by atoms with Crippen molar-refractivity contribution < 1.29 is 14.1 Å². The van der Waals surface area contributed by atoms with Crippen LogP contribution in [0.3, 0.4) is 0 Å². The molecular formula is C28H30N4O3. The minimum Gasteiger partial charge on any atom is -0.444 e. The van der Waals surface area contributed by atoms with Crippen molar-refractivity contribution in [1.82, 2.24) is 15.0 Å². The lowest BCUT2D eigenvalue weighted by atomic mass is 9.67. The number of benzene rings is 2. The molecule has 0 aliphatic heterocycles. The van der Waals surface area contributed by atoms with Crippen molar-refractivity contribution >= 4 is 6.09 Å². The van der Waals surface area contributed by atoms with Crippen LogP contribution < -0.4 is 0 Å². The Kier molecular flexibility index (Phi) is 5.84. The fourth-order valence-corrected chi connectivity index (χ4v) is 4.88. The van der Waals surface area contributed by atoms with Gasteiger partial charge in [-0.05, 0) is 63.8 Å². The van der Waals surface area contributed by atoms with Gasteiger partial charge < -0.3 is 14.2 Å². The SMILES string of the molecule is CC(C)(C)OC(=O)N(CC1(c2noc(-c3cccc(C#N)c3)n2)CCC1)[C@H]1CC1c1ccccc1. The van der Waals surface area contributed by atoms with Crippen molar-refractivity contribution in [2.24, 2.45) is 0 Å². The number of ether oxygens (including phenoxy) is 1. The summed E-state index contributed by atoms with van der Waals surface area (Å²) >= 11 is 0. The Labute approximate surface area is 205 Å². The molecule has 2 aliphatic carbocycles. The molecule has 0 saturated heterocycles. The van der Waals surface area contributed by atoms with Crippen LogP contribution in [0.25, 0.3) is 11.5 Å². The van der Waals surface area contributed by atoms with Crippen molar-refractivity contribution in [1.29, 1.82) is 5.26 Å². The number of nitriles is 1. The summed E-state index contributed by atoms with van der Waals surface area (Å²) in [7, 11) is 0. The molecule has 0 radical (unpaired) electrons. The average Bonchev–Trinajstić information content (AvgIpc) is 3.44. The zero-order chi connectivity index (χ0) is 24.6. The van der Waals surface area contributed by atoms with Gasteiger partial charge >= 0.3 is 6.09 Å². The molecule has 2 saturated carbocycles. The molecular weight excluding hydrogens is 440 g/mol. The molecule has 2 atom stereocenters. The van der Waals surface area contributed by atoms with E-state index in [-0.39, 0.29) is 17.6 Å². The molecule has 3 aromatic rings. The molecule has 1 heterocycles. The van der Waals surface area contributed by atoms with E-state index in [1.807, 2.05) is 49.9 Å². The zero-order valence-electron chi connectivity index (χ0n) is 20.4. The van der Waals surface area contributed by atoms with E-state index >= 15 is 0 Å². The van der Waals surface area contributed by atoms with Crippen LogP contribution in [0, 0.1) is 11.3 Å². The highest BCUT2D eigenvalue weighted by atomic mass is 16.6. The van der Waals surface area contributed by atoms with E-state index < -0.39 is 5.60 Å². The van der Waals surface area contributed by atoms with E-state index in [1.54, 1.807) is 18.2 Å². The Bertz CT molecular complexity index is 1250. The average molecular weight is 471 g/mol. The predicted octanol–water partition coefficient (Wildman–Crippen LogP) is 5.82. The lowest BCUT2D eigenvalue weighted by Gasteiger charge is -2.43. The van der Waals surface area contributed by atoms with Crippen LogP contribution in [0.1, 0.15) is 69.3 Å². The molecule has 180 valence electrons. The van der Waals surface area contributed by atoms with Crippen LogP contribution in [0.5, 0.6) is 0 Å². The van der Waals surface area contributed by atoms with Crippen molar-refractivity contribution in [2.75, 3.05) is 6.54 Å². The second-order valence-electron chi connectivity index (χ2n) is 10.7. The number of carbonyl (C=O) groups is 1. The van der Waals surface area contributed by atoms with Crippen LogP contribution in [0.15, 0.2) is 59.1 Å². The second-order valence-corrected chi connectivity index (χ2v) is 10.7. The largest absolute Gasteiger partial charge is 0.444 e. The first-order chi connectivity index (χ1) is 16.8. The zero-order valence-corrected chi connectivity index (χ0v) is 20.4. The molecule has 2 fully saturated rings. The maximum Gasteiger partial charge on any atom is 0.410 e. The van der Waals surface area contributed by atoms with Gasteiger partial charge in [0, 0.05) is 24.1 Å². The van der Waals surface area contributed by atoms with Gasteiger partial charge in [-0.25, -0.2) is 4.79 Å². The molecule has 0 spiro atoms. The molecule has 0 N–H and O–H groups in total. The quantitative estimate of drug-likeness (QED) is 0.450. The third kappa shape index (κ3) is 4.79.